The molecule has 1 aliphatic rings. The fourth-order valence-corrected chi connectivity index (χ4v) is 1.23. The molecule has 0 aliphatic carbocycles. The molecule has 0 radical (unpaired) electrons. The highest BCUT2D eigenvalue weighted by Gasteiger charge is 2.08. The van der Waals surface area contributed by atoms with Gasteiger partial charge in [0.15, 0.2) is 0 Å². The van der Waals surface area contributed by atoms with Gasteiger partial charge in [0.25, 0.3) is 0 Å². The Kier molecular flexibility index (Phi) is 3.33. The van der Waals surface area contributed by atoms with Crippen LogP contribution >= 0.6 is 0 Å². The smallest absolute Gasteiger partial charge is 0.0848 e. The highest BCUT2D eigenvalue weighted by Crippen LogP contribution is 2.08. The summed E-state index contributed by atoms with van der Waals surface area (Å²) < 4.78 is 0. The Bertz CT molecular complexity index is 163. The van der Waals surface area contributed by atoms with Crippen molar-refractivity contribution in [2.75, 3.05) is 13.1 Å². The third-order valence-electron chi connectivity index (χ3n) is 1.80. The molecule has 1 aliphatic heterocycles. The summed E-state index contributed by atoms with van der Waals surface area (Å²) in [5.74, 6) is 0. The first-order valence-corrected chi connectivity index (χ1v) is 4.02. The summed E-state index contributed by atoms with van der Waals surface area (Å²) in [6.07, 6.45) is 5.58. The Morgan fingerprint density at radius 2 is 2.64 bits per heavy atom. The average molecular weight is 153 g/mol. The van der Waals surface area contributed by atoms with E-state index in [0.717, 1.165) is 19.4 Å². The zero-order valence-electron chi connectivity index (χ0n) is 6.71. The van der Waals surface area contributed by atoms with Crippen LogP contribution in [0.3, 0.4) is 0 Å². The van der Waals surface area contributed by atoms with Crippen molar-refractivity contribution in [2.24, 2.45) is 0 Å². The quantitative estimate of drug-likeness (QED) is 0.589. The molecule has 2 N–H and O–H groups in total. The molecular weight excluding hydrogens is 138 g/mol. The van der Waals surface area contributed by atoms with Crippen LogP contribution in [-0.2, 0) is 0 Å². The summed E-state index contributed by atoms with van der Waals surface area (Å²) in [7, 11) is 0. The standard InChI is InChI=1S/C9H15NO/c1-2-3-4-8-5-9(11)7-10-6-8/h2,5,9-11H,1,3-4,6-7H2. The summed E-state index contributed by atoms with van der Waals surface area (Å²) in [4.78, 5) is 0. The predicted octanol–water partition coefficient (Wildman–Crippen LogP) is 0.843. The number of β-amino-alcohol motifs (C(OH)–C–C–N with tert-alkyl or cyclic N) is 1. The Morgan fingerprint density at radius 1 is 1.82 bits per heavy atom. The van der Waals surface area contributed by atoms with Gasteiger partial charge in [-0.2, -0.15) is 0 Å². The van der Waals surface area contributed by atoms with Crippen molar-refractivity contribution in [1.82, 2.24) is 5.32 Å². The highest BCUT2D eigenvalue weighted by atomic mass is 16.3. The molecule has 0 bridgehead atoms. The number of allylic oxidation sites excluding steroid dienone is 1. The number of rotatable bonds is 3. The molecule has 1 heterocycles. The maximum Gasteiger partial charge on any atom is 0.0848 e. The molecule has 0 saturated carbocycles. The van der Waals surface area contributed by atoms with Crippen LogP contribution in [0.1, 0.15) is 12.8 Å². The number of nitrogens with one attached hydrogen (secondary N) is 1. The minimum Gasteiger partial charge on any atom is -0.388 e. The normalized spacial score (nSPS) is 24.5. The van der Waals surface area contributed by atoms with Crippen LogP contribution in [0, 0.1) is 0 Å². The van der Waals surface area contributed by atoms with Gasteiger partial charge in [-0.1, -0.05) is 17.7 Å². The van der Waals surface area contributed by atoms with E-state index in [9.17, 15) is 5.11 Å². The maximum atomic E-state index is 9.21. The van der Waals surface area contributed by atoms with Gasteiger partial charge in [-0.15, -0.1) is 6.58 Å². The second-order valence-corrected chi connectivity index (χ2v) is 2.85. The Hall–Kier alpha value is -0.600. The van der Waals surface area contributed by atoms with E-state index in [1.54, 1.807) is 0 Å². The van der Waals surface area contributed by atoms with Gasteiger partial charge < -0.3 is 10.4 Å². The molecule has 1 atom stereocenters. The molecule has 1 unspecified atom stereocenters. The van der Waals surface area contributed by atoms with Crippen LogP contribution in [-0.4, -0.2) is 24.3 Å². The van der Waals surface area contributed by atoms with E-state index in [0.29, 0.717) is 6.54 Å². The van der Waals surface area contributed by atoms with Crippen molar-refractivity contribution in [1.29, 1.82) is 0 Å². The molecule has 0 amide bonds. The zero-order chi connectivity index (χ0) is 8.10. The lowest BCUT2D eigenvalue weighted by Crippen LogP contribution is -2.32. The molecule has 11 heavy (non-hydrogen) atoms. The van der Waals surface area contributed by atoms with Crippen molar-refractivity contribution in [3.05, 3.63) is 24.3 Å². The summed E-state index contributed by atoms with van der Waals surface area (Å²) >= 11 is 0. The van der Waals surface area contributed by atoms with Gasteiger partial charge in [0.1, 0.15) is 0 Å². The first kappa shape index (κ1) is 8.50. The number of hydrogen-bond donors (Lipinski definition) is 2. The predicted molar refractivity (Wildman–Crippen MR) is 46.4 cm³/mol. The van der Waals surface area contributed by atoms with Gasteiger partial charge >= 0.3 is 0 Å². The van der Waals surface area contributed by atoms with Crippen LogP contribution in [0.5, 0.6) is 0 Å². The second kappa shape index (κ2) is 4.31. The monoisotopic (exact) mass is 153 g/mol. The molecule has 0 saturated heterocycles. The lowest BCUT2D eigenvalue weighted by Gasteiger charge is -2.17. The summed E-state index contributed by atoms with van der Waals surface area (Å²) in [6.45, 7) is 5.27. The number of aliphatic hydroxyl groups excluding tert-OH is 1. The first-order valence-electron chi connectivity index (χ1n) is 4.02. The second-order valence-electron chi connectivity index (χ2n) is 2.85. The molecule has 0 aromatic heterocycles. The van der Waals surface area contributed by atoms with Crippen LogP contribution in [0.2, 0.25) is 0 Å². The van der Waals surface area contributed by atoms with Crippen molar-refractivity contribution >= 4 is 0 Å². The van der Waals surface area contributed by atoms with Gasteiger partial charge in [0.2, 0.25) is 0 Å². The van der Waals surface area contributed by atoms with Crippen molar-refractivity contribution in [3.8, 4) is 0 Å². The number of hydrogen-bond acceptors (Lipinski definition) is 2. The van der Waals surface area contributed by atoms with Gasteiger partial charge in [0, 0.05) is 13.1 Å². The fraction of sp³-hybridized carbons (Fsp3) is 0.556. The van der Waals surface area contributed by atoms with E-state index < -0.39 is 0 Å². The molecule has 1 rings (SSSR count). The molecule has 2 heteroatoms. The largest absolute Gasteiger partial charge is 0.388 e. The topological polar surface area (TPSA) is 32.3 Å². The molecular formula is C9H15NO. The molecule has 0 spiro atoms. The van der Waals surface area contributed by atoms with E-state index >= 15 is 0 Å². The third kappa shape index (κ3) is 2.87. The maximum absolute atomic E-state index is 9.21. The van der Waals surface area contributed by atoms with Gasteiger partial charge in [0.05, 0.1) is 6.10 Å². The van der Waals surface area contributed by atoms with E-state index in [1.807, 2.05) is 12.2 Å². The zero-order valence-corrected chi connectivity index (χ0v) is 6.71. The van der Waals surface area contributed by atoms with Gasteiger partial charge in [-0.25, -0.2) is 0 Å². The highest BCUT2D eigenvalue weighted by molar-refractivity contribution is 5.11. The van der Waals surface area contributed by atoms with Gasteiger partial charge in [-0.3, -0.25) is 0 Å². The molecule has 0 fully saturated rings. The van der Waals surface area contributed by atoms with Crippen molar-refractivity contribution < 1.29 is 5.11 Å². The van der Waals surface area contributed by atoms with Gasteiger partial charge in [-0.05, 0) is 12.8 Å². The lowest BCUT2D eigenvalue weighted by atomic mass is 10.1. The minimum absolute atomic E-state index is 0.288. The minimum atomic E-state index is -0.288. The Balaban J connectivity index is 2.36. The fourth-order valence-electron chi connectivity index (χ4n) is 1.23. The van der Waals surface area contributed by atoms with Crippen LogP contribution in [0.25, 0.3) is 0 Å². The first-order chi connectivity index (χ1) is 5.33. The van der Waals surface area contributed by atoms with Crippen molar-refractivity contribution in [2.45, 2.75) is 18.9 Å². The third-order valence-corrected chi connectivity index (χ3v) is 1.80. The van der Waals surface area contributed by atoms with Crippen LogP contribution < -0.4 is 5.32 Å². The lowest BCUT2D eigenvalue weighted by molar-refractivity contribution is 0.212. The SMILES string of the molecule is C=CCCC1=CC(O)CNC1. The summed E-state index contributed by atoms with van der Waals surface area (Å²) in [6, 6.07) is 0. The van der Waals surface area contributed by atoms with E-state index in [-0.39, 0.29) is 6.10 Å². The van der Waals surface area contributed by atoms with Crippen LogP contribution in [0.4, 0.5) is 0 Å². The summed E-state index contributed by atoms with van der Waals surface area (Å²) in [5.41, 5.74) is 1.30. The van der Waals surface area contributed by atoms with Crippen molar-refractivity contribution in [3.63, 3.8) is 0 Å². The van der Waals surface area contributed by atoms with E-state index in [1.165, 1.54) is 5.57 Å². The Labute approximate surface area is 67.6 Å². The average Bonchev–Trinajstić information content (AvgIpc) is 2.01. The molecule has 2 nitrogen and oxygen atoms in total. The molecule has 0 aromatic rings. The van der Waals surface area contributed by atoms with E-state index in [4.69, 9.17) is 0 Å². The Morgan fingerprint density at radius 3 is 3.27 bits per heavy atom. The van der Waals surface area contributed by atoms with E-state index in [2.05, 4.69) is 11.9 Å². The molecule has 0 aromatic carbocycles. The summed E-state index contributed by atoms with van der Waals surface area (Å²) in [5, 5.41) is 12.4. The number of aliphatic hydroxyl groups is 1. The molecule has 62 valence electrons. The van der Waals surface area contributed by atoms with Crippen LogP contribution in [0.15, 0.2) is 24.3 Å².